The van der Waals surface area contributed by atoms with Gasteiger partial charge in [-0.15, -0.1) is 0 Å². The first-order chi connectivity index (χ1) is 13.4. The highest BCUT2D eigenvalue weighted by Crippen LogP contribution is 2.38. The van der Waals surface area contributed by atoms with Crippen molar-refractivity contribution in [3.63, 3.8) is 0 Å². The van der Waals surface area contributed by atoms with Crippen LogP contribution in [0.5, 0.6) is 0 Å². The Labute approximate surface area is 169 Å². The number of benzene rings is 3. The SMILES string of the molecule is CC.CC.CC.CC.CC.c1ccc2c(c1)Cc1cccc3cccc-2c13. The van der Waals surface area contributed by atoms with E-state index in [1.165, 1.54) is 33.0 Å². The Morgan fingerprint density at radius 1 is 0.444 bits per heavy atom. The monoisotopic (exact) mass is 366 g/mol. The van der Waals surface area contributed by atoms with Crippen molar-refractivity contribution in [2.75, 3.05) is 0 Å². The molecule has 0 bridgehead atoms. The molecule has 0 heterocycles. The summed E-state index contributed by atoms with van der Waals surface area (Å²) in [4.78, 5) is 0. The van der Waals surface area contributed by atoms with Crippen LogP contribution in [0.25, 0.3) is 21.9 Å². The molecule has 0 radical (unpaired) electrons. The second-order valence-electron chi connectivity index (χ2n) is 4.65. The summed E-state index contributed by atoms with van der Waals surface area (Å²) in [6.07, 6.45) is 1.06. The van der Waals surface area contributed by atoms with Crippen LogP contribution < -0.4 is 0 Å². The normalized spacial score (nSPS) is 8.96. The number of fused-ring (bicyclic) bond motifs is 2. The van der Waals surface area contributed by atoms with Crippen molar-refractivity contribution >= 4 is 10.8 Å². The summed E-state index contributed by atoms with van der Waals surface area (Å²) < 4.78 is 0. The first kappa shape index (κ1) is 27.1. The highest BCUT2D eigenvalue weighted by molar-refractivity contribution is 6.01. The molecule has 0 fully saturated rings. The lowest BCUT2D eigenvalue weighted by Crippen LogP contribution is -2.00. The maximum absolute atomic E-state index is 2.25. The zero-order valence-electron chi connectivity index (χ0n) is 19.5. The summed E-state index contributed by atoms with van der Waals surface area (Å²) >= 11 is 0. The zero-order valence-corrected chi connectivity index (χ0v) is 19.5. The van der Waals surface area contributed by atoms with Crippen LogP contribution in [0.4, 0.5) is 0 Å². The van der Waals surface area contributed by atoms with Crippen molar-refractivity contribution in [2.45, 2.75) is 75.7 Å². The standard InChI is InChI=1S/C17H12.5C2H6/c1-2-9-15-13(5-1)11-14-8-3-6-12-7-4-10-16(15)17(12)14;5*1-2/h1-10H,11H2;5*1-2H3. The van der Waals surface area contributed by atoms with Crippen molar-refractivity contribution in [1.82, 2.24) is 0 Å². The predicted molar refractivity (Wildman–Crippen MR) is 129 cm³/mol. The molecule has 1 aliphatic rings. The topological polar surface area (TPSA) is 0 Å². The fourth-order valence-corrected chi connectivity index (χ4v) is 2.93. The lowest BCUT2D eigenvalue weighted by Gasteiger charge is -2.20. The van der Waals surface area contributed by atoms with Gasteiger partial charge in [0.15, 0.2) is 0 Å². The third kappa shape index (κ3) is 6.86. The summed E-state index contributed by atoms with van der Waals surface area (Å²) in [5, 5.41) is 2.79. The first-order valence-corrected chi connectivity index (χ1v) is 11.0. The molecular formula is C27H42. The summed E-state index contributed by atoms with van der Waals surface area (Å²) in [5.74, 6) is 0. The molecule has 0 heteroatoms. The molecule has 0 N–H and O–H groups in total. The van der Waals surface area contributed by atoms with Gasteiger partial charge in [0.1, 0.15) is 0 Å². The fourth-order valence-electron chi connectivity index (χ4n) is 2.93. The van der Waals surface area contributed by atoms with Crippen LogP contribution in [0.1, 0.15) is 80.4 Å². The van der Waals surface area contributed by atoms with Crippen LogP contribution >= 0.6 is 0 Å². The van der Waals surface area contributed by atoms with Gasteiger partial charge in [-0.2, -0.15) is 0 Å². The van der Waals surface area contributed by atoms with Crippen molar-refractivity contribution in [1.29, 1.82) is 0 Å². The van der Waals surface area contributed by atoms with E-state index in [0.29, 0.717) is 0 Å². The molecule has 1 aliphatic carbocycles. The van der Waals surface area contributed by atoms with Gasteiger partial charge in [0, 0.05) is 0 Å². The Balaban J connectivity index is 0. The number of rotatable bonds is 0. The molecule has 0 unspecified atom stereocenters. The minimum absolute atomic E-state index is 1.06. The van der Waals surface area contributed by atoms with E-state index in [2.05, 4.69) is 60.7 Å². The van der Waals surface area contributed by atoms with Crippen LogP contribution in [0.2, 0.25) is 0 Å². The molecule has 0 saturated heterocycles. The largest absolute Gasteiger partial charge is 0.0683 e. The van der Waals surface area contributed by atoms with E-state index in [0.717, 1.165) is 6.42 Å². The van der Waals surface area contributed by atoms with E-state index in [1.807, 2.05) is 69.2 Å². The van der Waals surface area contributed by atoms with Gasteiger partial charge in [0.05, 0.1) is 0 Å². The van der Waals surface area contributed by atoms with Gasteiger partial charge in [0.25, 0.3) is 0 Å². The highest BCUT2D eigenvalue weighted by atomic mass is 14.2. The lowest BCUT2D eigenvalue weighted by atomic mass is 9.84. The second kappa shape index (κ2) is 17.3. The second-order valence-corrected chi connectivity index (χ2v) is 4.65. The smallest absolute Gasteiger partial charge is 0.00132 e. The molecule has 0 nitrogen and oxygen atoms in total. The van der Waals surface area contributed by atoms with Crippen molar-refractivity contribution in [3.8, 4) is 11.1 Å². The maximum Gasteiger partial charge on any atom is -0.00132 e. The Morgan fingerprint density at radius 2 is 0.889 bits per heavy atom. The van der Waals surface area contributed by atoms with Crippen LogP contribution in [-0.2, 0) is 6.42 Å². The molecule has 0 amide bonds. The van der Waals surface area contributed by atoms with Gasteiger partial charge in [-0.25, -0.2) is 0 Å². The van der Waals surface area contributed by atoms with Gasteiger partial charge >= 0.3 is 0 Å². The summed E-state index contributed by atoms with van der Waals surface area (Å²) in [6.45, 7) is 20.0. The van der Waals surface area contributed by atoms with Crippen LogP contribution in [0.15, 0.2) is 60.7 Å². The highest BCUT2D eigenvalue weighted by Gasteiger charge is 2.16. The van der Waals surface area contributed by atoms with E-state index < -0.39 is 0 Å². The Kier molecular flexibility index (Phi) is 17.4. The molecule has 3 aromatic rings. The Morgan fingerprint density at radius 3 is 1.48 bits per heavy atom. The number of hydrogen-bond donors (Lipinski definition) is 0. The van der Waals surface area contributed by atoms with Crippen molar-refractivity contribution < 1.29 is 0 Å². The molecule has 150 valence electrons. The van der Waals surface area contributed by atoms with Gasteiger partial charge in [-0.05, 0) is 39.4 Å². The van der Waals surface area contributed by atoms with Crippen LogP contribution in [0.3, 0.4) is 0 Å². The van der Waals surface area contributed by atoms with E-state index in [9.17, 15) is 0 Å². The molecule has 0 atom stereocenters. The molecule has 0 spiro atoms. The van der Waals surface area contributed by atoms with Gasteiger partial charge in [-0.1, -0.05) is 130 Å². The van der Waals surface area contributed by atoms with E-state index in [1.54, 1.807) is 0 Å². The first-order valence-electron chi connectivity index (χ1n) is 11.0. The van der Waals surface area contributed by atoms with Crippen molar-refractivity contribution in [3.05, 3.63) is 71.8 Å². The third-order valence-electron chi connectivity index (χ3n) is 3.68. The fraction of sp³-hybridized carbons (Fsp3) is 0.407. The molecule has 0 aliphatic heterocycles. The van der Waals surface area contributed by atoms with Crippen molar-refractivity contribution in [2.24, 2.45) is 0 Å². The number of hydrogen-bond acceptors (Lipinski definition) is 0. The summed E-state index contributed by atoms with van der Waals surface area (Å²) in [5.41, 5.74) is 5.69. The zero-order chi connectivity index (χ0) is 21.2. The van der Waals surface area contributed by atoms with E-state index in [4.69, 9.17) is 0 Å². The Bertz CT molecular complexity index is 718. The lowest BCUT2D eigenvalue weighted by molar-refractivity contribution is 1.20. The molecule has 3 aromatic carbocycles. The Hall–Kier alpha value is -2.08. The molecule has 4 rings (SSSR count). The summed E-state index contributed by atoms with van der Waals surface area (Å²) in [6, 6.07) is 22.0. The molecule has 27 heavy (non-hydrogen) atoms. The van der Waals surface area contributed by atoms with E-state index in [-0.39, 0.29) is 0 Å². The van der Waals surface area contributed by atoms with Crippen LogP contribution in [-0.4, -0.2) is 0 Å². The molecular weight excluding hydrogens is 324 g/mol. The maximum atomic E-state index is 2.25. The molecule has 0 aromatic heterocycles. The molecule has 0 saturated carbocycles. The summed E-state index contributed by atoms with van der Waals surface area (Å²) in [7, 11) is 0. The average molecular weight is 367 g/mol. The predicted octanol–water partition coefficient (Wildman–Crippen LogP) is 9.54. The average Bonchev–Trinajstić information content (AvgIpc) is 2.81. The quantitative estimate of drug-likeness (QED) is 0.290. The third-order valence-corrected chi connectivity index (χ3v) is 3.68. The van der Waals surface area contributed by atoms with Crippen LogP contribution in [0, 0.1) is 0 Å². The van der Waals surface area contributed by atoms with E-state index >= 15 is 0 Å². The van der Waals surface area contributed by atoms with Gasteiger partial charge in [-0.3, -0.25) is 0 Å². The van der Waals surface area contributed by atoms with Gasteiger partial charge in [0.2, 0.25) is 0 Å². The van der Waals surface area contributed by atoms with Gasteiger partial charge < -0.3 is 0 Å². The minimum atomic E-state index is 1.06. The minimum Gasteiger partial charge on any atom is -0.0683 e.